The van der Waals surface area contributed by atoms with Crippen molar-refractivity contribution >= 4 is 8.32 Å². The molecule has 0 bridgehead atoms. The van der Waals surface area contributed by atoms with Gasteiger partial charge in [-0.15, -0.1) is 11.8 Å². The molecule has 2 heteroatoms. The fraction of sp³-hybridized carbons (Fsp3) is 0.875. The van der Waals surface area contributed by atoms with Gasteiger partial charge in [-0.2, -0.15) is 0 Å². The Labute approximate surface area is 116 Å². The Morgan fingerprint density at radius 1 is 1.11 bits per heavy atom. The van der Waals surface area contributed by atoms with Crippen LogP contribution in [0, 0.1) is 23.7 Å². The minimum atomic E-state index is -1.62. The maximum Gasteiger partial charge on any atom is 0.192 e. The molecule has 0 aliphatic heterocycles. The van der Waals surface area contributed by atoms with Gasteiger partial charge < -0.3 is 4.43 Å². The van der Waals surface area contributed by atoms with Gasteiger partial charge >= 0.3 is 0 Å². The van der Waals surface area contributed by atoms with E-state index in [2.05, 4.69) is 66.5 Å². The second-order valence-corrected chi connectivity index (χ2v) is 11.8. The van der Waals surface area contributed by atoms with Gasteiger partial charge in [0.05, 0.1) is 0 Å². The van der Waals surface area contributed by atoms with Crippen LogP contribution in [0.15, 0.2) is 0 Å². The summed E-state index contributed by atoms with van der Waals surface area (Å²) in [6.45, 7) is 20.1. The van der Waals surface area contributed by atoms with Crippen molar-refractivity contribution in [2.24, 2.45) is 11.8 Å². The summed E-state index contributed by atoms with van der Waals surface area (Å²) in [4.78, 5) is 0. The molecule has 3 atom stereocenters. The molecule has 0 spiro atoms. The first kappa shape index (κ1) is 17.7. The highest BCUT2D eigenvalue weighted by atomic mass is 28.4. The molecule has 0 aliphatic rings. The molecule has 0 saturated heterocycles. The summed E-state index contributed by atoms with van der Waals surface area (Å²) >= 11 is 0. The van der Waals surface area contributed by atoms with Gasteiger partial charge in [0.25, 0.3) is 0 Å². The molecule has 0 amide bonds. The summed E-state index contributed by atoms with van der Waals surface area (Å²) in [6, 6.07) is 0. The average Bonchev–Trinajstić information content (AvgIpc) is 2.14. The van der Waals surface area contributed by atoms with E-state index in [9.17, 15) is 0 Å². The van der Waals surface area contributed by atoms with Crippen molar-refractivity contribution in [3.8, 4) is 11.8 Å². The van der Waals surface area contributed by atoms with Crippen LogP contribution in [0.2, 0.25) is 18.1 Å². The van der Waals surface area contributed by atoms with Crippen LogP contribution < -0.4 is 0 Å². The van der Waals surface area contributed by atoms with Gasteiger partial charge in [-0.25, -0.2) is 0 Å². The Morgan fingerprint density at radius 3 is 2.00 bits per heavy atom. The van der Waals surface area contributed by atoms with Crippen molar-refractivity contribution in [2.75, 3.05) is 0 Å². The Hall–Kier alpha value is -0.263. The first-order valence-electron chi connectivity index (χ1n) is 7.11. The summed E-state index contributed by atoms with van der Waals surface area (Å²) in [6.07, 6.45) is 1.43. The predicted octanol–water partition coefficient (Wildman–Crippen LogP) is 5.08. The summed E-state index contributed by atoms with van der Waals surface area (Å²) in [5, 5.41) is 0.291. The molecular formula is C16H32OSi. The quantitative estimate of drug-likeness (QED) is 0.499. The van der Waals surface area contributed by atoms with Crippen molar-refractivity contribution in [1.82, 2.24) is 0 Å². The van der Waals surface area contributed by atoms with Crippen molar-refractivity contribution in [1.29, 1.82) is 0 Å². The standard InChI is InChI=1S/C16H32OSi/c1-10-11-13(2)14(3)12-15(4)17-18(8,9)16(5,6)7/h13-15H,12H2,1-9H3/t13-,14-,15-/m1/s1. The summed E-state index contributed by atoms with van der Waals surface area (Å²) < 4.78 is 6.39. The smallest absolute Gasteiger partial charge is 0.192 e. The largest absolute Gasteiger partial charge is 0.414 e. The van der Waals surface area contributed by atoms with E-state index in [1.807, 2.05) is 6.92 Å². The molecule has 0 saturated carbocycles. The molecule has 0 rings (SSSR count). The van der Waals surface area contributed by atoms with Crippen LogP contribution in [0.1, 0.15) is 54.9 Å². The highest BCUT2D eigenvalue weighted by molar-refractivity contribution is 6.74. The average molecular weight is 269 g/mol. The fourth-order valence-corrected chi connectivity index (χ4v) is 3.28. The predicted molar refractivity (Wildman–Crippen MR) is 84.1 cm³/mol. The first-order valence-corrected chi connectivity index (χ1v) is 10.0. The lowest BCUT2D eigenvalue weighted by Gasteiger charge is -2.39. The number of rotatable bonds is 5. The van der Waals surface area contributed by atoms with Crippen molar-refractivity contribution in [3.05, 3.63) is 0 Å². The topological polar surface area (TPSA) is 9.23 Å². The van der Waals surface area contributed by atoms with E-state index in [1.165, 1.54) is 0 Å². The zero-order valence-corrected chi connectivity index (χ0v) is 14.8. The molecule has 1 nitrogen and oxygen atoms in total. The second-order valence-electron chi connectivity index (χ2n) is 7.08. The summed E-state index contributed by atoms with van der Waals surface area (Å²) in [5.74, 6) is 7.31. The van der Waals surface area contributed by atoms with Gasteiger partial charge in [0.1, 0.15) is 0 Å². The summed E-state index contributed by atoms with van der Waals surface area (Å²) in [7, 11) is -1.62. The Bertz CT molecular complexity index is 303. The summed E-state index contributed by atoms with van der Waals surface area (Å²) in [5.41, 5.74) is 0. The molecule has 18 heavy (non-hydrogen) atoms. The van der Waals surface area contributed by atoms with Crippen LogP contribution in [0.25, 0.3) is 0 Å². The van der Waals surface area contributed by atoms with E-state index < -0.39 is 8.32 Å². The molecule has 0 aromatic rings. The number of hydrogen-bond donors (Lipinski definition) is 0. The minimum Gasteiger partial charge on any atom is -0.414 e. The van der Waals surface area contributed by atoms with Crippen molar-refractivity contribution < 1.29 is 4.43 Å². The Balaban J connectivity index is 4.42. The zero-order chi connectivity index (χ0) is 14.6. The molecule has 0 radical (unpaired) electrons. The third kappa shape index (κ3) is 5.59. The van der Waals surface area contributed by atoms with Gasteiger partial charge in [0.2, 0.25) is 0 Å². The van der Waals surface area contributed by atoms with E-state index in [-0.39, 0.29) is 0 Å². The highest BCUT2D eigenvalue weighted by Crippen LogP contribution is 2.38. The molecule has 0 fully saturated rings. The van der Waals surface area contributed by atoms with Crippen molar-refractivity contribution in [2.45, 2.75) is 79.1 Å². The van der Waals surface area contributed by atoms with Gasteiger partial charge in [-0.1, -0.05) is 34.6 Å². The first-order chi connectivity index (χ1) is 8.01. The van der Waals surface area contributed by atoms with Gasteiger partial charge in [-0.05, 0) is 44.3 Å². The van der Waals surface area contributed by atoms with Crippen LogP contribution in [0.4, 0.5) is 0 Å². The normalized spacial score (nSPS) is 17.6. The van der Waals surface area contributed by atoms with E-state index in [0.717, 1.165) is 6.42 Å². The lowest BCUT2D eigenvalue weighted by molar-refractivity contribution is 0.162. The van der Waals surface area contributed by atoms with Crippen LogP contribution >= 0.6 is 0 Å². The lowest BCUT2D eigenvalue weighted by Crippen LogP contribution is -2.43. The molecule has 0 aliphatic carbocycles. The van der Waals surface area contributed by atoms with Gasteiger partial charge in [-0.3, -0.25) is 0 Å². The fourth-order valence-electron chi connectivity index (χ4n) is 1.83. The van der Waals surface area contributed by atoms with E-state index >= 15 is 0 Å². The van der Waals surface area contributed by atoms with Crippen LogP contribution in [0.3, 0.4) is 0 Å². The Morgan fingerprint density at radius 2 is 1.61 bits per heavy atom. The van der Waals surface area contributed by atoms with Gasteiger partial charge in [0, 0.05) is 12.0 Å². The molecule has 0 heterocycles. The molecule has 0 aromatic heterocycles. The van der Waals surface area contributed by atoms with E-state index in [0.29, 0.717) is 23.0 Å². The molecule has 0 unspecified atom stereocenters. The Kier molecular flexibility index (Phi) is 6.67. The third-order valence-corrected chi connectivity index (χ3v) is 8.84. The van der Waals surface area contributed by atoms with E-state index in [1.54, 1.807) is 0 Å². The molecular weight excluding hydrogens is 236 g/mol. The number of hydrogen-bond acceptors (Lipinski definition) is 1. The van der Waals surface area contributed by atoms with Crippen molar-refractivity contribution in [3.63, 3.8) is 0 Å². The maximum atomic E-state index is 6.39. The maximum absolute atomic E-state index is 6.39. The second kappa shape index (κ2) is 6.77. The molecule has 106 valence electrons. The zero-order valence-electron chi connectivity index (χ0n) is 13.8. The third-order valence-electron chi connectivity index (χ3n) is 4.23. The SMILES string of the molecule is CC#C[C@@H](C)[C@H](C)C[C@@H](C)O[Si](C)(C)C(C)(C)C. The molecule has 0 aromatic carbocycles. The lowest BCUT2D eigenvalue weighted by atomic mass is 9.91. The van der Waals surface area contributed by atoms with Crippen LogP contribution in [-0.2, 0) is 4.43 Å². The minimum absolute atomic E-state index is 0.291. The van der Waals surface area contributed by atoms with Crippen LogP contribution in [0.5, 0.6) is 0 Å². The monoisotopic (exact) mass is 268 g/mol. The van der Waals surface area contributed by atoms with E-state index in [4.69, 9.17) is 4.43 Å². The highest BCUT2D eigenvalue weighted by Gasteiger charge is 2.38. The van der Waals surface area contributed by atoms with Gasteiger partial charge in [0.15, 0.2) is 8.32 Å². The van der Waals surface area contributed by atoms with Crippen LogP contribution in [-0.4, -0.2) is 14.4 Å². The molecule has 0 N–H and O–H groups in total.